The van der Waals surface area contributed by atoms with E-state index >= 15 is 0 Å². The Morgan fingerprint density at radius 2 is 1.30 bits per heavy atom. The summed E-state index contributed by atoms with van der Waals surface area (Å²) in [6.45, 7) is 5.22. The van der Waals surface area contributed by atoms with E-state index < -0.39 is 17.6 Å². The molecule has 6 heteroatoms. The van der Waals surface area contributed by atoms with Crippen LogP contribution in [0.2, 0.25) is 0 Å². The van der Waals surface area contributed by atoms with Crippen molar-refractivity contribution < 1.29 is 18.7 Å². The highest BCUT2D eigenvalue weighted by molar-refractivity contribution is 6.19. The summed E-state index contributed by atoms with van der Waals surface area (Å²) in [5.74, 6) is -0.278. The van der Waals surface area contributed by atoms with Crippen molar-refractivity contribution in [3.8, 4) is 22.7 Å². The van der Waals surface area contributed by atoms with Gasteiger partial charge < -0.3 is 9.15 Å². The van der Waals surface area contributed by atoms with Gasteiger partial charge in [0.05, 0.1) is 0 Å². The van der Waals surface area contributed by atoms with Gasteiger partial charge in [0, 0.05) is 16.7 Å². The summed E-state index contributed by atoms with van der Waals surface area (Å²) in [7, 11) is 0. The number of anilines is 1. The molecule has 0 spiro atoms. The van der Waals surface area contributed by atoms with E-state index in [0.29, 0.717) is 22.7 Å². The first-order chi connectivity index (χ1) is 15.8. The topological polar surface area (TPSA) is 72.6 Å². The van der Waals surface area contributed by atoms with Crippen LogP contribution in [0.5, 0.6) is 0 Å². The maximum absolute atomic E-state index is 13.5. The summed E-state index contributed by atoms with van der Waals surface area (Å²) in [4.78, 5) is 32.4. The van der Waals surface area contributed by atoms with E-state index in [9.17, 15) is 9.59 Å². The van der Waals surface area contributed by atoms with E-state index in [-0.39, 0.29) is 5.88 Å². The molecule has 0 saturated heterocycles. The normalized spacial score (nSPS) is 11.1. The van der Waals surface area contributed by atoms with E-state index in [4.69, 9.17) is 9.15 Å². The lowest BCUT2D eigenvalue weighted by Gasteiger charge is -2.25. The van der Waals surface area contributed by atoms with E-state index in [1.807, 2.05) is 60.7 Å². The summed E-state index contributed by atoms with van der Waals surface area (Å²) >= 11 is 0. The number of hydrogen-bond donors (Lipinski definition) is 0. The number of ether oxygens (including phenoxy) is 1. The number of hydrogen-bond acceptors (Lipinski definition) is 5. The van der Waals surface area contributed by atoms with Crippen LogP contribution in [-0.4, -0.2) is 22.6 Å². The third kappa shape index (κ3) is 5.01. The maximum Gasteiger partial charge on any atom is 0.424 e. The van der Waals surface area contributed by atoms with Crippen LogP contribution in [0.15, 0.2) is 95.4 Å². The number of benzene rings is 3. The van der Waals surface area contributed by atoms with Crippen LogP contribution in [0.4, 0.5) is 10.7 Å². The number of carbonyl (C=O) groups is 2. The second-order valence-corrected chi connectivity index (χ2v) is 8.39. The second kappa shape index (κ2) is 9.12. The summed E-state index contributed by atoms with van der Waals surface area (Å²) in [5.41, 5.74) is 1.29. The van der Waals surface area contributed by atoms with Crippen molar-refractivity contribution in [2.75, 3.05) is 4.90 Å². The fourth-order valence-corrected chi connectivity index (χ4v) is 3.23. The first-order valence-electron chi connectivity index (χ1n) is 10.6. The summed E-state index contributed by atoms with van der Waals surface area (Å²) in [5, 5.41) is 0. The minimum atomic E-state index is -0.843. The van der Waals surface area contributed by atoms with Gasteiger partial charge in [-0.2, -0.15) is 4.90 Å². The average Bonchev–Trinajstić information content (AvgIpc) is 3.24. The molecule has 166 valence electrons. The number of aromatic nitrogens is 1. The molecule has 0 N–H and O–H groups in total. The van der Waals surface area contributed by atoms with E-state index in [1.54, 1.807) is 51.1 Å². The van der Waals surface area contributed by atoms with Crippen molar-refractivity contribution in [3.63, 3.8) is 0 Å². The molecule has 0 aliphatic heterocycles. The first-order valence-corrected chi connectivity index (χ1v) is 10.6. The Bertz CT molecular complexity index is 1240. The zero-order valence-corrected chi connectivity index (χ0v) is 18.7. The van der Waals surface area contributed by atoms with Crippen molar-refractivity contribution in [1.82, 2.24) is 4.98 Å². The SMILES string of the molecule is CC(C)(C)OC(=O)N(C(=O)c1ccccc1)c1oc(-c2ccccc2)nc1-c1ccccc1. The molecular formula is C27H24N2O4. The Morgan fingerprint density at radius 1 is 0.788 bits per heavy atom. The lowest BCUT2D eigenvalue weighted by atomic mass is 10.1. The van der Waals surface area contributed by atoms with Gasteiger partial charge in [0.15, 0.2) is 0 Å². The van der Waals surface area contributed by atoms with Gasteiger partial charge in [-0.1, -0.05) is 66.7 Å². The smallest absolute Gasteiger partial charge is 0.424 e. The van der Waals surface area contributed by atoms with Gasteiger partial charge >= 0.3 is 6.09 Å². The summed E-state index contributed by atoms with van der Waals surface area (Å²) < 4.78 is 11.7. The molecule has 0 radical (unpaired) electrons. The standard InChI is InChI=1S/C27H24N2O4/c1-27(2,3)33-26(31)29(24(30)21-17-11-6-12-18-21)25-22(19-13-7-4-8-14-19)28-23(32-25)20-15-9-5-10-16-20/h4-18H,1-3H3. The molecule has 0 atom stereocenters. The van der Waals surface area contributed by atoms with Crippen molar-refractivity contribution >= 4 is 17.9 Å². The molecule has 0 aliphatic carbocycles. The van der Waals surface area contributed by atoms with Crippen LogP contribution < -0.4 is 4.90 Å². The lowest BCUT2D eigenvalue weighted by Crippen LogP contribution is -2.41. The van der Waals surface area contributed by atoms with E-state index in [2.05, 4.69) is 4.98 Å². The third-order valence-electron chi connectivity index (χ3n) is 4.68. The molecule has 4 rings (SSSR count). The maximum atomic E-state index is 13.5. The molecule has 0 fully saturated rings. The van der Waals surface area contributed by atoms with E-state index in [1.165, 1.54) is 0 Å². The van der Waals surface area contributed by atoms with Crippen molar-refractivity contribution in [2.24, 2.45) is 0 Å². The Morgan fingerprint density at radius 3 is 1.85 bits per heavy atom. The number of imide groups is 1. The second-order valence-electron chi connectivity index (χ2n) is 8.39. The highest BCUT2D eigenvalue weighted by atomic mass is 16.6. The van der Waals surface area contributed by atoms with Gasteiger partial charge in [0.25, 0.3) is 5.91 Å². The number of amides is 2. The lowest BCUT2D eigenvalue weighted by molar-refractivity contribution is 0.0558. The predicted molar refractivity (Wildman–Crippen MR) is 127 cm³/mol. The molecule has 0 aliphatic rings. The summed E-state index contributed by atoms with van der Waals surface area (Å²) in [6, 6.07) is 27.1. The van der Waals surface area contributed by atoms with Crippen LogP contribution in [0, 0.1) is 0 Å². The highest BCUT2D eigenvalue weighted by Crippen LogP contribution is 2.36. The largest absolute Gasteiger partial charge is 0.443 e. The van der Waals surface area contributed by atoms with Gasteiger partial charge in [-0.25, -0.2) is 9.78 Å². The van der Waals surface area contributed by atoms with Crippen LogP contribution >= 0.6 is 0 Å². The van der Waals surface area contributed by atoms with Crippen molar-refractivity contribution in [2.45, 2.75) is 26.4 Å². The predicted octanol–water partition coefficient (Wildman–Crippen LogP) is 6.59. The van der Waals surface area contributed by atoms with Crippen LogP contribution in [0.25, 0.3) is 22.7 Å². The Balaban J connectivity index is 1.90. The average molecular weight is 440 g/mol. The van der Waals surface area contributed by atoms with Crippen molar-refractivity contribution in [3.05, 3.63) is 96.6 Å². The molecule has 0 bridgehead atoms. The quantitative estimate of drug-likeness (QED) is 0.358. The van der Waals surface area contributed by atoms with E-state index in [0.717, 1.165) is 10.5 Å². The first kappa shape index (κ1) is 22.0. The molecule has 2 amide bonds. The molecule has 1 aromatic heterocycles. The Labute approximate surface area is 192 Å². The fourth-order valence-electron chi connectivity index (χ4n) is 3.23. The Hall–Kier alpha value is -4.19. The summed E-state index contributed by atoms with van der Waals surface area (Å²) in [6.07, 6.45) is -0.843. The molecule has 6 nitrogen and oxygen atoms in total. The van der Waals surface area contributed by atoms with Gasteiger partial charge in [-0.3, -0.25) is 4.79 Å². The fraction of sp³-hybridized carbons (Fsp3) is 0.148. The van der Waals surface area contributed by atoms with Gasteiger partial charge in [0.1, 0.15) is 11.3 Å². The zero-order valence-electron chi connectivity index (χ0n) is 18.7. The molecule has 3 aromatic carbocycles. The molecule has 0 saturated carbocycles. The monoisotopic (exact) mass is 440 g/mol. The molecule has 1 heterocycles. The minimum absolute atomic E-state index is 0.00292. The van der Waals surface area contributed by atoms with Crippen LogP contribution in [-0.2, 0) is 4.74 Å². The Kier molecular flexibility index (Phi) is 6.09. The molecule has 33 heavy (non-hydrogen) atoms. The number of nitrogens with zero attached hydrogens (tertiary/aromatic N) is 2. The minimum Gasteiger partial charge on any atom is -0.443 e. The number of rotatable bonds is 4. The molecule has 4 aromatic rings. The molecular weight excluding hydrogens is 416 g/mol. The highest BCUT2D eigenvalue weighted by Gasteiger charge is 2.35. The number of carbonyl (C=O) groups excluding carboxylic acids is 2. The zero-order chi connectivity index (χ0) is 23.4. The van der Waals surface area contributed by atoms with Crippen LogP contribution in [0.1, 0.15) is 31.1 Å². The van der Waals surface area contributed by atoms with Crippen molar-refractivity contribution in [1.29, 1.82) is 0 Å². The van der Waals surface area contributed by atoms with Gasteiger partial charge in [-0.15, -0.1) is 0 Å². The van der Waals surface area contributed by atoms with Crippen LogP contribution in [0.3, 0.4) is 0 Å². The third-order valence-corrected chi connectivity index (χ3v) is 4.68. The van der Waals surface area contributed by atoms with Gasteiger partial charge in [-0.05, 0) is 45.0 Å². The molecule has 0 unspecified atom stereocenters. The van der Waals surface area contributed by atoms with Gasteiger partial charge in [0.2, 0.25) is 11.8 Å². The number of oxazole rings is 1.